The van der Waals surface area contributed by atoms with Crippen LogP contribution in [-0.4, -0.2) is 37.7 Å². The molecule has 0 aromatic carbocycles. The van der Waals surface area contributed by atoms with Crippen LogP contribution in [0, 0.1) is 13.8 Å². The Balaban J connectivity index is 2.18. The number of ether oxygens (including phenoxy) is 1. The zero-order valence-electron chi connectivity index (χ0n) is 10.6. The van der Waals surface area contributed by atoms with Gasteiger partial charge < -0.3 is 15.4 Å². The summed E-state index contributed by atoms with van der Waals surface area (Å²) in [6.45, 7) is 6.53. The van der Waals surface area contributed by atoms with Gasteiger partial charge in [-0.05, 0) is 25.5 Å². The molecule has 0 radical (unpaired) electrons. The van der Waals surface area contributed by atoms with Gasteiger partial charge >= 0.3 is 0 Å². The third-order valence-corrected chi connectivity index (χ3v) is 4.05. The summed E-state index contributed by atoms with van der Waals surface area (Å²) in [5.41, 5.74) is 7.28. The Labute approximate surface area is 106 Å². The highest BCUT2D eigenvalue weighted by Gasteiger charge is 2.28. The molecular formula is C12H19N3OS. The lowest BCUT2D eigenvalue weighted by molar-refractivity contribution is 0.166. The summed E-state index contributed by atoms with van der Waals surface area (Å²) in [6.07, 6.45) is 0. The summed E-state index contributed by atoms with van der Waals surface area (Å²) in [7, 11) is 1.71. The molecular weight excluding hydrogens is 234 g/mol. The van der Waals surface area contributed by atoms with Crippen molar-refractivity contribution < 1.29 is 4.74 Å². The minimum atomic E-state index is 0.287. The molecule has 0 saturated heterocycles. The number of methoxy groups -OCH3 is 1. The lowest BCUT2D eigenvalue weighted by Gasteiger charge is -2.26. The number of nitrogens with two attached hydrogens (primary N) is 1. The number of hydrogen-bond donors (Lipinski definition) is 1. The zero-order chi connectivity index (χ0) is 12.4. The van der Waals surface area contributed by atoms with Gasteiger partial charge in [-0.15, -0.1) is 11.3 Å². The molecule has 2 rings (SSSR count). The molecule has 17 heavy (non-hydrogen) atoms. The van der Waals surface area contributed by atoms with Crippen LogP contribution < -0.4 is 5.73 Å². The molecule has 5 heteroatoms. The molecule has 0 saturated carbocycles. The summed E-state index contributed by atoms with van der Waals surface area (Å²) >= 11 is 1.83. The molecule has 4 nitrogen and oxygen atoms in total. The van der Waals surface area contributed by atoms with E-state index in [-0.39, 0.29) is 6.04 Å². The van der Waals surface area contributed by atoms with Crippen LogP contribution in [-0.2, 0) is 4.74 Å². The fraction of sp³-hybridized carbons (Fsp3) is 0.583. The number of hydrogen-bond acceptors (Lipinski definition) is 5. The molecule has 2 N–H and O–H groups in total. The van der Waals surface area contributed by atoms with E-state index in [1.54, 1.807) is 7.11 Å². The van der Waals surface area contributed by atoms with E-state index in [4.69, 9.17) is 10.5 Å². The Morgan fingerprint density at radius 1 is 1.59 bits per heavy atom. The van der Waals surface area contributed by atoms with Gasteiger partial charge in [0, 0.05) is 23.4 Å². The molecule has 0 fully saturated rings. The van der Waals surface area contributed by atoms with Crippen molar-refractivity contribution in [2.45, 2.75) is 19.9 Å². The highest BCUT2D eigenvalue weighted by molar-refractivity contribution is 7.12. The average Bonchev–Trinajstić information content (AvgIpc) is 2.79. The van der Waals surface area contributed by atoms with Crippen LogP contribution in [0.25, 0.3) is 0 Å². The predicted octanol–water partition coefficient (Wildman–Crippen LogP) is 1.68. The second kappa shape index (κ2) is 5.06. The molecule has 2 heterocycles. The van der Waals surface area contributed by atoms with Crippen LogP contribution in [0.4, 0.5) is 0 Å². The molecule has 0 bridgehead atoms. The van der Waals surface area contributed by atoms with Gasteiger partial charge in [-0.25, -0.2) is 0 Å². The Bertz CT molecular complexity index is 427. The Hall–Kier alpha value is -1.07. The molecule has 1 atom stereocenters. The molecule has 0 spiro atoms. The fourth-order valence-electron chi connectivity index (χ4n) is 2.24. The van der Waals surface area contributed by atoms with Gasteiger partial charge in [-0.2, -0.15) is 0 Å². The van der Waals surface area contributed by atoms with Crippen molar-refractivity contribution in [3.05, 3.63) is 21.4 Å². The highest BCUT2D eigenvalue weighted by atomic mass is 32.1. The normalized spacial score (nSPS) is 19.8. The van der Waals surface area contributed by atoms with Crippen molar-refractivity contribution in [2.24, 2.45) is 10.7 Å². The first-order valence-corrected chi connectivity index (χ1v) is 6.57. The number of rotatable bonds is 4. The van der Waals surface area contributed by atoms with E-state index < -0.39 is 0 Å². The number of thiophene rings is 1. The molecule has 1 aliphatic rings. The second-order valence-corrected chi connectivity index (χ2v) is 5.73. The second-order valence-electron chi connectivity index (χ2n) is 4.27. The SMILES string of the molecule is COCCN1C(N)=NCC1c1cc(C)sc1C. The van der Waals surface area contributed by atoms with Gasteiger partial charge in [0.25, 0.3) is 0 Å². The first-order valence-electron chi connectivity index (χ1n) is 5.76. The van der Waals surface area contributed by atoms with E-state index in [1.165, 1.54) is 15.3 Å². The van der Waals surface area contributed by atoms with Crippen molar-refractivity contribution in [1.82, 2.24) is 4.90 Å². The highest BCUT2D eigenvalue weighted by Crippen LogP contribution is 2.32. The van der Waals surface area contributed by atoms with Gasteiger partial charge in [0.15, 0.2) is 5.96 Å². The van der Waals surface area contributed by atoms with Crippen LogP contribution in [0.15, 0.2) is 11.1 Å². The van der Waals surface area contributed by atoms with Crippen molar-refractivity contribution in [3.63, 3.8) is 0 Å². The van der Waals surface area contributed by atoms with E-state index >= 15 is 0 Å². The fourth-order valence-corrected chi connectivity index (χ4v) is 3.22. The third kappa shape index (κ3) is 2.45. The van der Waals surface area contributed by atoms with Crippen molar-refractivity contribution in [2.75, 3.05) is 26.8 Å². The van der Waals surface area contributed by atoms with Crippen LogP contribution in [0.5, 0.6) is 0 Å². The van der Waals surface area contributed by atoms with Gasteiger partial charge in [0.1, 0.15) is 0 Å². The van der Waals surface area contributed by atoms with E-state index in [9.17, 15) is 0 Å². The third-order valence-electron chi connectivity index (χ3n) is 3.07. The largest absolute Gasteiger partial charge is 0.383 e. The molecule has 0 amide bonds. The smallest absolute Gasteiger partial charge is 0.192 e. The maximum absolute atomic E-state index is 5.93. The summed E-state index contributed by atoms with van der Waals surface area (Å²) in [4.78, 5) is 9.19. The van der Waals surface area contributed by atoms with E-state index in [2.05, 4.69) is 29.8 Å². The Morgan fingerprint density at radius 2 is 2.35 bits per heavy atom. The Kier molecular flexibility index (Phi) is 3.69. The molecule has 1 unspecified atom stereocenters. The summed E-state index contributed by atoms with van der Waals surface area (Å²) in [6, 6.07) is 2.54. The maximum atomic E-state index is 5.93. The standard InChI is InChI=1S/C12H19N3OS/c1-8-6-10(9(2)17-8)11-7-14-12(13)15(11)4-5-16-3/h6,11H,4-5,7H2,1-3H3,(H2,13,14). The molecule has 1 aromatic rings. The molecule has 0 aliphatic carbocycles. The first-order chi connectivity index (χ1) is 8.13. The lowest BCUT2D eigenvalue weighted by atomic mass is 10.1. The maximum Gasteiger partial charge on any atom is 0.192 e. The lowest BCUT2D eigenvalue weighted by Crippen LogP contribution is -2.38. The van der Waals surface area contributed by atoms with Crippen LogP contribution in [0.3, 0.4) is 0 Å². The monoisotopic (exact) mass is 253 g/mol. The summed E-state index contributed by atoms with van der Waals surface area (Å²) in [5, 5.41) is 0. The molecule has 1 aromatic heterocycles. The van der Waals surface area contributed by atoms with Gasteiger partial charge in [0.2, 0.25) is 0 Å². The number of aliphatic imine (C=N–C) groups is 1. The first kappa shape index (κ1) is 12.4. The predicted molar refractivity (Wildman–Crippen MR) is 71.6 cm³/mol. The van der Waals surface area contributed by atoms with Gasteiger partial charge in [0.05, 0.1) is 19.2 Å². The Morgan fingerprint density at radius 3 is 2.94 bits per heavy atom. The topological polar surface area (TPSA) is 50.9 Å². The minimum absolute atomic E-state index is 0.287. The van der Waals surface area contributed by atoms with Crippen molar-refractivity contribution >= 4 is 17.3 Å². The van der Waals surface area contributed by atoms with Crippen LogP contribution >= 0.6 is 11.3 Å². The minimum Gasteiger partial charge on any atom is -0.383 e. The van der Waals surface area contributed by atoms with Crippen LogP contribution in [0.1, 0.15) is 21.4 Å². The van der Waals surface area contributed by atoms with Gasteiger partial charge in [-0.3, -0.25) is 4.99 Å². The average molecular weight is 253 g/mol. The molecule has 1 aliphatic heterocycles. The van der Waals surface area contributed by atoms with E-state index in [0.29, 0.717) is 12.6 Å². The number of guanidine groups is 1. The number of aryl methyl sites for hydroxylation is 2. The zero-order valence-corrected chi connectivity index (χ0v) is 11.4. The van der Waals surface area contributed by atoms with Crippen molar-refractivity contribution in [1.29, 1.82) is 0 Å². The van der Waals surface area contributed by atoms with Gasteiger partial charge in [-0.1, -0.05) is 0 Å². The quantitative estimate of drug-likeness (QED) is 0.888. The van der Waals surface area contributed by atoms with Crippen LogP contribution in [0.2, 0.25) is 0 Å². The summed E-state index contributed by atoms with van der Waals surface area (Å²) < 4.78 is 5.12. The van der Waals surface area contributed by atoms with E-state index in [1.807, 2.05) is 11.3 Å². The number of nitrogens with zero attached hydrogens (tertiary/aromatic N) is 2. The van der Waals surface area contributed by atoms with E-state index in [0.717, 1.165) is 13.1 Å². The molecule has 94 valence electrons. The van der Waals surface area contributed by atoms with Crippen molar-refractivity contribution in [3.8, 4) is 0 Å². The summed E-state index contributed by atoms with van der Waals surface area (Å²) in [5.74, 6) is 0.635.